The molecule has 1 N–H and O–H groups in total. The molecule has 1 fully saturated rings. The third kappa shape index (κ3) is 7.43. The van der Waals surface area contributed by atoms with Crippen LogP contribution < -0.4 is 23.8 Å². The number of nitro benzene ring substituents is 1. The van der Waals surface area contributed by atoms with E-state index >= 15 is 0 Å². The highest BCUT2D eigenvalue weighted by molar-refractivity contribution is 7.89. The molecule has 16 heteroatoms. The molecule has 0 bridgehead atoms. The highest BCUT2D eigenvalue weighted by Crippen LogP contribution is 2.40. The number of amides is 1. The molecular formula is C36H37N5O10S. The maximum atomic E-state index is 14.5. The van der Waals surface area contributed by atoms with Gasteiger partial charge in [0.1, 0.15) is 28.6 Å². The van der Waals surface area contributed by atoms with E-state index in [-0.39, 0.29) is 25.3 Å². The lowest BCUT2D eigenvalue weighted by atomic mass is 10.1. The standard InChI is InChI=1S/C36H37N5O10S/c1-48-29-11-7-25(32(16-29)50-3)19-39(20-26-8-12-30(49-2)17-33(26)51-4)52(46,47)34-13-10-28(15-31(34)41(44)45)40(36(42)43)22-27-21-38-18-24(23-5-6-23)9-14-35(38)37-27/h7-18,21,23H,5-6,19-20,22H2,1-4H3,(H,42,43). The van der Waals surface area contributed by atoms with Crippen molar-refractivity contribution < 1.29 is 42.2 Å². The van der Waals surface area contributed by atoms with E-state index in [4.69, 9.17) is 18.9 Å². The van der Waals surface area contributed by atoms with Crippen LogP contribution in [0.2, 0.25) is 0 Å². The Morgan fingerprint density at radius 2 is 1.48 bits per heavy atom. The third-order valence-electron chi connectivity index (χ3n) is 8.87. The van der Waals surface area contributed by atoms with E-state index in [0.717, 1.165) is 34.2 Å². The molecule has 1 saturated carbocycles. The Labute approximate surface area is 299 Å². The van der Waals surface area contributed by atoms with Gasteiger partial charge in [0.15, 0.2) is 4.90 Å². The van der Waals surface area contributed by atoms with Gasteiger partial charge in [-0.2, -0.15) is 4.31 Å². The minimum atomic E-state index is -4.66. The zero-order valence-electron chi connectivity index (χ0n) is 28.9. The first kappa shape index (κ1) is 35.9. The summed E-state index contributed by atoms with van der Waals surface area (Å²) < 4.78 is 53.6. The number of hydrogen-bond donors (Lipinski definition) is 1. The van der Waals surface area contributed by atoms with Gasteiger partial charge in [-0.1, -0.05) is 18.2 Å². The highest BCUT2D eigenvalue weighted by Gasteiger charge is 2.35. The molecule has 0 unspecified atom stereocenters. The molecule has 272 valence electrons. The Bertz CT molecular complexity index is 2200. The van der Waals surface area contributed by atoms with Gasteiger partial charge < -0.3 is 28.5 Å². The van der Waals surface area contributed by atoms with Crippen LogP contribution in [0.3, 0.4) is 0 Å². The van der Waals surface area contributed by atoms with Gasteiger partial charge >= 0.3 is 6.09 Å². The van der Waals surface area contributed by atoms with Crippen LogP contribution in [0, 0.1) is 10.1 Å². The first-order chi connectivity index (χ1) is 24.9. The van der Waals surface area contributed by atoms with Crippen LogP contribution in [0.4, 0.5) is 16.2 Å². The molecule has 2 aromatic heterocycles. The Balaban J connectivity index is 1.38. The summed E-state index contributed by atoms with van der Waals surface area (Å²) in [6, 6.07) is 16.8. The molecule has 3 aromatic carbocycles. The van der Waals surface area contributed by atoms with Crippen molar-refractivity contribution in [3.8, 4) is 23.0 Å². The van der Waals surface area contributed by atoms with Crippen LogP contribution in [0.5, 0.6) is 23.0 Å². The van der Waals surface area contributed by atoms with Crippen molar-refractivity contribution in [2.75, 3.05) is 33.3 Å². The lowest BCUT2D eigenvalue weighted by Crippen LogP contribution is -2.32. The van der Waals surface area contributed by atoms with Crippen molar-refractivity contribution in [3.63, 3.8) is 0 Å². The summed E-state index contributed by atoms with van der Waals surface area (Å²) >= 11 is 0. The van der Waals surface area contributed by atoms with Crippen LogP contribution in [0.25, 0.3) is 5.65 Å². The number of ether oxygens (including phenoxy) is 4. The molecule has 1 amide bonds. The Kier molecular flexibility index (Phi) is 10.2. The lowest BCUT2D eigenvalue weighted by molar-refractivity contribution is -0.387. The summed E-state index contributed by atoms with van der Waals surface area (Å²) in [5.41, 5.74) is 2.20. The number of rotatable bonds is 15. The van der Waals surface area contributed by atoms with Crippen molar-refractivity contribution in [1.29, 1.82) is 0 Å². The van der Waals surface area contributed by atoms with E-state index in [1.54, 1.807) is 42.6 Å². The molecule has 52 heavy (non-hydrogen) atoms. The predicted molar refractivity (Wildman–Crippen MR) is 190 cm³/mol. The topological polar surface area (TPSA) is 175 Å². The highest BCUT2D eigenvalue weighted by atomic mass is 32.2. The second-order valence-corrected chi connectivity index (χ2v) is 14.0. The maximum Gasteiger partial charge on any atom is 0.412 e. The Morgan fingerprint density at radius 3 is 2.00 bits per heavy atom. The van der Waals surface area contributed by atoms with Crippen molar-refractivity contribution in [1.82, 2.24) is 13.7 Å². The van der Waals surface area contributed by atoms with Crippen molar-refractivity contribution in [3.05, 3.63) is 112 Å². The number of aromatic nitrogens is 2. The summed E-state index contributed by atoms with van der Waals surface area (Å²) in [5, 5.41) is 22.7. The fourth-order valence-electron chi connectivity index (χ4n) is 5.97. The molecule has 0 atom stereocenters. The second-order valence-electron chi connectivity index (χ2n) is 12.1. The molecule has 1 aliphatic carbocycles. The summed E-state index contributed by atoms with van der Waals surface area (Å²) in [5.74, 6) is 2.13. The number of imidazole rings is 1. The second kappa shape index (κ2) is 14.8. The lowest BCUT2D eigenvalue weighted by Gasteiger charge is -2.25. The molecule has 5 aromatic rings. The summed E-state index contributed by atoms with van der Waals surface area (Å²) in [4.78, 5) is 29.0. The van der Waals surface area contributed by atoms with Crippen LogP contribution in [-0.4, -0.2) is 66.7 Å². The number of carbonyl (C=O) groups is 1. The molecule has 0 saturated heterocycles. The number of hydrogen-bond acceptors (Lipinski definition) is 10. The van der Waals surface area contributed by atoms with E-state index in [2.05, 4.69) is 4.98 Å². The zero-order chi connectivity index (χ0) is 37.2. The smallest absolute Gasteiger partial charge is 0.412 e. The van der Waals surface area contributed by atoms with E-state index in [9.17, 15) is 28.4 Å². The number of carboxylic acid groups (broad SMARTS) is 1. The van der Waals surface area contributed by atoms with Crippen molar-refractivity contribution >= 4 is 33.1 Å². The molecule has 15 nitrogen and oxygen atoms in total. The van der Waals surface area contributed by atoms with Crippen LogP contribution in [0.1, 0.15) is 41.1 Å². The number of fused-ring (bicyclic) bond motifs is 1. The summed E-state index contributed by atoms with van der Waals surface area (Å²) in [7, 11) is 1.16. The number of methoxy groups -OCH3 is 4. The molecule has 6 rings (SSSR count). The quantitative estimate of drug-likeness (QED) is 0.0955. The Morgan fingerprint density at radius 1 is 0.865 bits per heavy atom. The van der Waals surface area contributed by atoms with Crippen molar-refractivity contribution in [2.45, 2.75) is 43.3 Å². The average molecular weight is 732 g/mol. The minimum Gasteiger partial charge on any atom is -0.497 e. The van der Waals surface area contributed by atoms with E-state index in [1.165, 1.54) is 40.1 Å². The predicted octanol–water partition coefficient (Wildman–Crippen LogP) is 6.23. The van der Waals surface area contributed by atoms with Gasteiger partial charge in [-0.05, 0) is 54.7 Å². The molecule has 0 spiro atoms. The Hall–Kier alpha value is -5.87. The molecule has 0 radical (unpaired) electrons. The molecular weight excluding hydrogens is 694 g/mol. The fraction of sp³-hybridized carbons (Fsp3) is 0.278. The average Bonchev–Trinajstić information content (AvgIpc) is 3.92. The van der Waals surface area contributed by atoms with E-state index in [1.807, 2.05) is 22.7 Å². The van der Waals surface area contributed by atoms with Gasteiger partial charge in [0.25, 0.3) is 15.7 Å². The number of nitrogens with zero attached hydrogens (tertiary/aromatic N) is 5. The molecule has 2 heterocycles. The number of anilines is 1. The van der Waals surface area contributed by atoms with E-state index < -0.39 is 31.6 Å². The van der Waals surface area contributed by atoms with Gasteiger partial charge in [0.05, 0.1) is 51.3 Å². The number of benzene rings is 3. The monoisotopic (exact) mass is 731 g/mol. The summed E-state index contributed by atoms with van der Waals surface area (Å²) in [6.45, 7) is -0.762. The number of nitro groups is 1. The van der Waals surface area contributed by atoms with Gasteiger partial charge in [-0.25, -0.2) is 18.2 Å². The first-order valence-corrected chi connectivity index (χ1v) is 17.6. The molecule has 1 aliphatic rings. The zero-order valence-corrected chi connectivity index (χ0v) is 29.7. The minimum absolute atomic E-state index is 0.103. The molecule has 0 aliphatic heterocycles. The summed E-state index contributed by atoms with van der Waals surface area (Å²) in [6.07, 6.45) is 4.51. The normalized spacial score (nSPS) is 12.9. The van der Waals surface area contributed by atoms with Crippen LogP contribution in [-0.2, 0) is 29.7 Å². The van der Waals surface area contributed by atoms with Gasteiger partial charge in [0.2, 0.25) is 0 Å². The number of sulfonamides is 1. The SMILES string of the molecule is COc1ccc(CN(Cc2ccc(OC)cc2OC)S(=O)(=O)c2ccc(N(Cc3cn4cc(C5CC5)ccc4n3)C(=O)O)cc2[N+](=O)[O-])c(OC)c1. The third-order valence-corrected chi connectivity index (χ3v) is 10.7. The first-order valence-electron chi connectivity index (χ1n) is 16.1. The van der Waals surface area contributed by atoms with Crippen molar-refractivity contribution in [2.24, 2.45) is 0 Å². The van der Waals surface area contributed by atoms with Crippen LogP contribution in [0.15, 0.2) is 84.0 Å². The van der Waals surface area contributed by atoms with Gasteiger partial charge in [-0.15, -0.1) is 0 Å². The van der Waals surface area contributed by atoms with Crippen LogP contribution >= 0.6 is 0 Å². The van der Waals surface area contributed by atoms with Gasteiger partial charge in [-0.3, -0.25) is 15.0 Å². The maximum absolute atomic E-state index is 14.5. The fourth-order valence-corrected chi connectivity index (χ4v) is 7.51. The largest absolute Gasteiger partial charge is 0.497 e. The van der Waals surface area contributed by atoms with Gasteiger partial charge in [0, 0.05) is 54.8 Å². The number of pyridine rings is 1. The van der Waals surface area contributed by atoms with E-state index in [0.29, 0.717) is 51.4 Å².